The first-order valence-electron chi connectivity index (χ1n) is 8.99. The number of nitrogens with zero attached hydrogens (tertiary/aromatic N) is 1. The third kappa shape index (κ3) is 6.14. The van der Waals surface area contributed by atoms with Crippen LogP contribution in [0.25, 0.3) is 0 Å². The Hall–Kier alpha value is -2.80. The molecule has 1 amide bonds. The highest BCUT2D eigenvalue weighted by Gasteiger charge is 2.27. The van der Waals surface area contributed by atoms with Gasteiger partial charge in [-0.25, -0.2) is 4.99 Å². The number of hydrogen-bond acceptors (Lipinski definition) is 4. The molecule has 0 aliphatic carbocycles. The Kier molecular flexibility index (Phi) is 7.01. The van der Waals surface area contributed by atoms with Gasteiger partial charge in [-0.05, 0) is 45.9 Å². The number of para-hydroxylation sites is 1. The number of benzene rings is 1. The molecule has 1 heterocycles. The molecule has 1 unspecified atom stereocenters. The number of anilines is 1. The van der Waals surface area contributed by atoms with Crippen molar-refractivity contribution in [1.29, 1.82) is 0 Å². The van der Waals surface area contributed by atoms with E-state index in [0.29, 0.717) is 18.3 Å². The Morgan fingerprint density at radius 3 is 2.52 bits per heavy atom. The second kappa shape index (κ2) is 9.23. The lowest BCUT2D eigenvalue weighted by Gasteiger charge is -2.24. The van der Waals surface area contributed by atoms with Gasteiger partial charge in [0.05, 0.1) is 6.54 Å². The van der Waals surface area contributed by atoms with Crippen LogP contribution in [-0.2, 0) is 10.4 Å². The van der Waals surface area contributed by atoms with E-state index in [-0.39, 0.29) is 19.0 Å². The number of furan rings is 1. The zero-order valence-corrected chi connectivity index (χ0v) is 16.3. The van der Waals surface area contributed by atoms with Crippen LogP contribution >= 0.6 is 0 Å². The zero-order chi connectivity index (χ0) is 19.9. The lowest BCUT2D eigenvalue weighted by molar-refractivity contribution is -0.114. The molecule has 7 nitrogen and oxygen atoms in total. The summed E-state index contributed by atoms with van der Waals surface area (Å²) >= 11 is 0. The summed E-state index contributed by atoms with van der Waals surface area (Å²) in [6.07, 6.45) is 0. The quantitative estimate of drug-likeness (QED) is 0.442. The van der Waals surface area contributed by atoms with Crippen LogP contribution in [0.5, 0.6) is 0 Å². The van der Waals surface area contributed by atoms with Crippen molar-refractivity contribution >= 4 is 17.6 Å². The van der Waals surface area contributed by atoms with Crippen molar-refractivity contribution in [1.82, 2.24) is 10.6 Å². The van der Waals surface area contributed by atoms with Gasteiger partial charge in [0.25, 0.3) is 0 Å². The lowest BCUT2D eigenvalue weighted by Crippen LogP contribution is -2.45. The minimum absolute atomic E-state index is 0.0315. The molecular formula is C20H28N4O3. The fourth-order valence-corrected chi connectivity index (χ4v) is 2.73. The Balaban J connectivity index is 1.96. The summed E-state index contributed by atoms with van der Waals surface area (Å²) in [6, 6.07) is 11.1. The van der Waals surface area contributed by atoms with Gasteiger partial charge in [0.2, 0.25) is 5.91 Å². The number of aryl methyl sites for hydroxylation is 2. The van der Waals surface area contributed by atoms with Gasteiger partial charge in [0.1, 0.15) is 23.7 Å². The van der Waals surface area contributed by atoms with Gasteiger partial charge in [-0.1, -0.05) is 18.2 Å². The summed E-state index contributed by atoms with van der Waals surface area (Å²) in [5, 5.41) is 19.7. The highest BCUT2D eigenvalue weighted by molar-refractivity contribution is 5.94. The van der Waals surface area contributed by atoms with Crippen LogP contribution in [0.4, 0.5) is 5.69 Å². The molecule has 0 bridgehead atoms. The van der Waals surface area contributed by atoms with Crippen LogP contribution in [0, 0.1) is 13.8 Å². The zero-order valence-electron chi connectivity index (χ0n) is 16.3. The lowest BCUT2D eigenvalue weighted by atomic mass is 9.96. The van der Waals surface area contributed by atoms with Gasteiger partial charge in [-0.2, -0.15) is 0 Å². The number of carbonyl (C=O) groups excluding carboxylic acids is 1. The van der Waals surface area contributed by atoms with Crippen LogP contribution < -0.4 is 16.0 Å². The van der Waals surface area contributed by atoms with E-state index in [2.05, 4.69) is 20.9 Å². The maximum absolute atomic E-state index is 12.1. The largest absolute Gasteiger partial charge is 0.466 e. The summed E-state index contributed by atoms with van der Waals surface area (Å²) in [5.74, 6) is 1.68. The minimum Gasteiger partial charge on any atom is -0.466 e. The molecule has 0 aliphatic heterocycles. The van der Waals surface area contributed by atoms with E-state index in [1.54, 1.807) is 6.92 Å². The van der Waals surface area contributed by atoms with Crippen LogP contribution in [0.15, 0.2) is 45.8 Å². The SMILES string of the molecule is CCNC(=NCC(=O)Nc1ccccc1)NCC(C)(O)c1cc(C)oc1C. The number of guanidine groups is 1. The van der Waals surface area contributed by atoms with Gasteiger partial charge in [0.15, 0.2) is 5.96 Å². The molecule has 1 aromatic heterocycles. The molecule has 0 fully saturated rings. The van der Waals surface area contributed by atoms with Crippen LogP contribution in [0.3, 0.4) is 0 Å². The number of nitrogens with one attached hydrogen (secondary N) is 3. The average molecular weight is 372 g/mol. The van der Waals surface area contributed by atoms with Gasteiger partial charge >= 0.3 is 0 Å². The monoisotopic (exact) mass is 372 g/mol. The molecule has 2 aromatic rings. The fraction of sp³-hybridized carbons (Fsp3) is 0.400. The highest BCUT2D eigenvalue weighted by atomic mass is 16.3. The molecule has 0 spiro atoms. The third-order valence-electron chi connectivity index (χ3n) is 4.00. The third-order valence-corrected chi connectivity index (χ3v) is 4.00. The standard InChI is InChI=1S/C20H28N4O3/c1-5-21-19(22-12-18(25)24-16-9-7-6-8-10-16)23-13-20(4,26)17-11-14(2)27-15(17)3/h6-11,26H,5,12-13H2,1-4H3,(H,24,25)(H2,21,22,23). The smallest absolute Gasteiger partial charge is 0.246 e. The fourth-order valence-electron chi connectivity index (χ4n) is 2.73. The van der Waals surface area contributed by atoms with Crippen molar-refractivity contribution in [2.24, 2.45) is 4.99 Å². The van der Waals surface area contributed by atoms with E-state index in [1.807, 2.05) is 57.2 Å². The molecular weight excluding hydrogens is 344 g/mol. The van der Waals surface area contributed by atoms with Gasteiger partial charge in [0, 0.05) is 17.8 Å². The highest BCUT2D eigenvalue weighted by Crippen LogP contribution is 2.26. The van der Waals surface area contributed by atoms with Crippen molar-refractivity contribution in [2.45, 2.75) is 33.3 Å². The maximum Gasteiger partial charge on any atom is 0.246 e. The second-order valence-electron chi connectivity index (χ2n) is 6.56. The van der Waals surface area contributed by atoms with E-state index < -0.39 is 5.60 Å². The van der Waals surface area contributed by atoms with E-state index >= 15 is 0 Å². The first-order chi connectivity index (χ1) is 12.8. The van der Waals surface area contributed by atoms with E-state index in [4.69, 9.17) is 4.42 Å². The molecule has 0 saturated heterocycles. The molecule has 2 rings (SSSR count). The second-order valence-corrected chi connectivity index (χ2v) is 6.56. The minimum atomic E-state index is -1.13. The molecule has 0 aliphatic rings. The molecule has 0 radical (unpaired) electrons. The molecule has 1 atom stereocenters. The first-order valence-corrected chi connectivity index (χ1v) is 8.99. The van der Waals surface area contributed by atoms with Crippen LogP contribution in [0.1, 0.15) is 30.9 Å². The van der Waals surface area contributed by atoms with Crippen LogP contribution in [0.2, 0.25) is 0 Å². The summed E-state index contributed by atoms with van der Waals surface area (Å²) in [4.78, 5) is 16.3. The van der Waals surface area contributed by atoms with Crippen molar-refractivity contribution in [2.75, 3.05) is 25.0 Å². The van der Waals surface area contributed by atoms with E-state index in [9.17, 15) is 9.90 Å². The Morgan fingerprint density at radius 2 is 1.93 bits per heavy atom. The first kappa shape index (κ1) is 20.5. The molecule has 0 saturated carbocycles. The Labute approximate surface area is 159 Å². The summed E-state index contributed by atoms with van der Waals surface area (Å²) in [6.45, 7) is 8.14. The molecule has 1 aromatic carbocycles. The number of aliphatic imine (C=N–C) groups is 1. The predicted octanol–water partition coefficient (Wildman–Crippen LogP) is 2.30. The van der Waals surface area contributed by atoms with E-state index in [0.717, 1.165) is 17.0 Å². The van der Waals surface area contributed by atoms with Crippen molar-refractivity contribution in [3.63, 3.8) is 0 Å². The molecule has 27 heavy (non-hydrogen) atoms. The average Bonchev–Trinajstić information content (AvgIpc) is 2.97. The molecule has 7 heteroatoms. The number of carbonyl (C=O) groups is 1. The predicted molar refractivity (Wildman–Crippen MR) is 107 cm³/mol. The van der Waals surface area contributed by atoms with Crippen molar-refractivity contribution in [3.8, 4) is 0 Å². The number of rotatable bonds is 7. The number of aliphatic hydroxyl groups is 1. The van der Waals surface area contributed by atoms with Gasteiger partial charge in [-0.15, -0.1) is 0 Å². The number of amides is 1. The molecule has 146 valence electrons. The maximum atomic E-state index is 12.1. The topological polar surface area (TPSA) is 98.9 Å². The summed E-state index contributed by atoms with van der Waals surface area (Å²) in [7, 11) is 0. The van der Waals surface area contributed by atoms with Crippen molar-refractivity contribution in [3.05, 3.63) is 53.5 Å². The Morgan fingerprint density at radius 1 is 1.22 bits per heavy atom. The molecule has 4 N–H and O–H groups in total. The van der Waals surface area contributed by atoms with Gasteiger partial charge in [-0.3, -0.25) is 4.79 Å². The summed E-state index contributed by atoms with van der Waals surface area (Å²) < 4.78 is 5.50. The van der Waals surface area contributed by atoms with Crippen molar-refractivity contribution < 1.29 is 14.3 Å². The normalized spacial score (nSPS) is 13.7. The summed E-state index contributed by atoms with van der Waals surface area (Å²) in [5.41, 5.74) is 0.319. The number of hydrogen-bond donors (Lipinski definition) is 4. The van der Waals surface area contributed by atoms with Crippen LogP contribution in [-0.4, -0.2) is 36.6 Å². The Bertz CT molecular complexity index is 782. The van der Waals surface area contributed by atoms with E-state index in [1.165, 1.54) is 0 Å². The van der Waals surface area contributed by atoms with Gasteiger partial charge < -0.3 is 25.5 Å².